The van der Waals surface area contributed by atoms with E-state index in [0.717, 1.165) is 82.8 Å². The maximum absolute atomic E-state index is 12.7. The molecule has 182 valence electrons. The first-order chi connectivity index (χ1) is 15.9. The summed E-state index contributed by atoms with van der Waals surface area (Å²) in [5.41, 5.74) is 0.989. The van der Waals surface area contributed by atoms with Gasteiger partial charge in [0.1, 0.15) is 5.75 Å². The van der Waals surface area contributed by atoms with Crippen LogP contribution in [-0.4, -0.2) is 61.7 Å². The van der Waals surface area contributed by atoms with Crippen LogP contribution in [-0.2, 0) is 4.79 Å². The summed E-state index contributed by atoms with van der Waals surface area (Å²) in [6.45, 7) is 13.4. The molecule has 0 saturated carbocycles. The van der Waals surface area contributed by atoms with E-state index in [1.807, 2.05) is 13.0 Å². The molecular weight excluding hydrogens is 500 g/mol. The van der Waals surface area contributed by atoms with Gasteiger partial charge in [-0.25, -0.2) is 4.98 Å². The Hall–Kier alpha value is -1.38. The van der Waals surface area contributed by atoms with Crippen LogP contribution in [0.2, 0.25) is 0 Å². The minimum absolute atomic E-state index is 0.115. The smallest absolute Gasteiger partial charge is 0.223 e. The zero-order chi connectivity index (χ0) is 23.4. The summed E-state index contributed by atoms with van der Waals surface area (Å²) in [5.74, 6) is 2.78. The molecule has 2 atom stereocenters. The van der Waals surface area contributed by atoms with E-state index >= 15 is 0 Å². The molecule has 8 heteroatoms. The summed E-state index contributed by atoms with van der Waals surface area (Å²) in [6, 6.07) is 4.10. The van der Waals surface area contributed by atoms with Crippen LogP contribution >= 0.6 is 27.3 Å². The number of carbonyl (C=O) groups is 1. The fourth-order valence-electron chi connectivity index (χ4n) is 5.29. The molecule has 0 unspecified atom stereocenters. The van der Waals surface area contributed by atoms with E-state index in [4.69, 9.17) is 9.72 Å². The van der Waals surface area contributed by atoms with Gasteiger partial charge in [-0.3, -0.25) is 4.79 Å². The van der Waals surface area contributed by atoms with Gasteiger partial charge in [-0.05, 0) is 73.0 Å². The van der Waals surface area contributed by atoms with Crippen LogP contribution in [0.1, 0.15) is 46.5 Å². The molecule has 33 heavy (non-hydrogen) atoms. The molecule has 2 aliphatic heterocycles. The number of ether oxygens (including phenoxy) is 1. The van der Waals surface area contributed by atoms with Crippen molar-refractivity contribution in [2.45, 2.75) is 46.5 Å². The molecule has 4 rings (SSSR count). The molecule has 3 heterocycles. The van der Waals surface area contributed by atoms with Crippen LogP contribution in [0.15, 0.2) is 16.6 Å². The third kappa shape index (κ3) is 6.40. The highest BCUT2D eigenvalue weighted by Gasteiger charge is 2.27. The predicted octanol–water partition coefficient (Wildman–Crippen LogP) is 5.16. The molecule has 2 fully saturated rings. The largest absolute Gasteiger partial charge is 0.493 e. The molecule has 0 spiro atoms. The average Bonchev–Trinajstić information content (AvgIpc) is 3.19. The van der Waals surface area contributed by atoms with E-state index in [9.17, 15) is 4.79 Å². The van der Waals surface area contributed by atoms with Crippen LogP contribution in [0.3, 0.4) is 0 Å². The van der Waals surface area contributed by atoms with Crippen molar-refractivity contribution in [1.29, 1.82) is 0 Å². The van der Waals surface area contributed by atoms with Crippen molar-refractivity contribution in [2.75, 3.05) is 50.8 Å². The zero-order valence-corrected chi connectivity index (χ0v) is 22.5. The molecule has 0 bridgehead atoms. The van der Waals surface area contributed by atoms with Crippen molar-refractivity contribution in [1.82, 2.24) is 15.2 Å². The minimum atomic E-state index is 0.115. The maximum Gasteiger partial charge on any atom is 0.223 e. The maximum atomic E-state index is 12.7. The number of rotatable bonds is 8. The molecule has 1 aromatic carbocycles. The standard InChI is InChI=1S/C25H37BrN4O2S/c1-4-32-22-14-23-21(13-20(22)26)28-25(33-23)30-10-6-19(7-11-30)24(31)27-8-5-9-29-15-17(2)12-18(3)16-29/h13-14,17-19H,4-12,15-16H2,1-3H3,(H,27,31)/t17-,18-/m1/s1. The fraction of sp³-hybridized carbons (Fsp3) is 0.680. The minimum Gasteiger partial charge on any atom is -0.493 e. The topological polar surface area (TPSA) is 57.7 Å². The summed E-state index contributed by atoms with van der Waals surface area (Å²) in [5, 5.41) is 4.24. The average molecular weight is 538 g/mol. The van der Waals surface area contributed by atoms with Crippen LogP contribution in [0.25, 0.3) is 10.2 Å². The number of halogens is 1. The van der Waals surface area contributed by atoms with Gasteiger partial charge in [0.2, 0.25) is 5.91 Å². The summed E-state index contributed by atoms with van der Waals surface area (Å²) in [7, 11) is 0. The van der Waals surface area contributed by atoms with Gasteiger partial charge in [-0.15, -0.1) is 0 Å². The van der Waals surface area contributed by atoms with Gasteiger partial charge in [-0.1, -0.05) is 25.2 Å². The zero-order valence-electron chi connectivity index (χ0n) is 20.1. The molecule has 0 aliphatic carbocycles. The Labute approximate surface area is 210 Å². The molecule has 2 aromatic rings. The van der Waals surface area contributed by atoms with Crippen LogP contribution in [0.5, 0.6) is 5.75 Å². The van der Waals surface area contributed by atoms with Crippen molar-refractivity contribution < 1.29 is 9.53 Å². The van der Waals surface area contributed by atoms with Crippen LogP contribution in [0, 0.1) is 17.8 Å². The van der Waals surface area contributed by atoms with Crippen molar-refractivity contribution in [3.63, 3.8) is 0 Å². The second kappa shape index (κ2) is 11.4. The van der Waals surface area contributed by atoms with Crippen molar-refractivity contribution in [3.8, 4) is 5.75 Å². The lowest BCUT2D eigenvalue weighted by atomic mass is 9.92. The van der Waals surface area contributed by atoms with Gasteiger partial charge in [0.15, 0.2) is 5.13 Å². The number of fused-ring (bicyclic) bond motifs is 1. The van der Waals surface area contributed by atoms with E-state index in [1.54, 1.807) is 11.3 Å². The number of hydrogen-bond acceptors (Lipinski definition) is 6. The highest BCUT2D eigenvalue weighted by atomic mass is 79.9. The number of anilines is 1. The van der Waals surface area contributed by atoms with Gasteiger partial charge in [0.25, 0.3) is 0 Å². The molecular formula is C25H37BrN4O2S. The first-order valence-corrected chi connectivity index (χ1v) is 14.0. The van der Waals surface area contributed by atoms with Crippen LogP contribution in [0.4, 0.5) is 5.13 Å². The number of thiazole rings is 1. The van der Waals surface area contributed by atoms with E-state index in [-0.39, 0.29) is 11.8 Å². The predicted molar refractivity (Wildman–Crippen MR) is 140 cm³/mol. The summed E-state index contributed by atoms with van der Waals surface area (Å²) >= 11 is 5.28. The quantitative estimate of drug-likeness (QED) is 0.472. The number of benzene rings is 1. The Bertz CT molecular complexity index is 934. The second-order valence-electron chi connectivity index (χ2n) is 9.79. The Kier molecular flexibility index (Phi) is 8.52. The van der Waals surface area contributed by atoms with Gasteiger partial charge < -0.3 is 19.9 Å². The number of aromatic nitrogens is 1. The van der Waals surface area contributed by atoms with E-state index in [0.29, 0.717) is 6.61 Å². The van der Waals surface area contributed by atoms with Gasteiger partial charge in [-0.2, -0.15) is 0 Å². The van der Waals surface area contributed by atoms with Crippen molar-refractivity contribution in [3.05, 3.63) is 16.6 Å². The molecule has 1 amide bonds. The monoisotopic (exact) mass is 536 g/mol. The number of hydrogen-bond donors (Lipinski definition) is 1. The number of likely N-dealkylation sites (tertiary alicyclic amines) is 1. The summed E-state index contributed by atoms with van der Waals surface area (Å²) in [6.07, 6.45) is 4.15. The number of nitrogens with zero attached hydrogens (tertiary/aromatic N) is 3. The first kappa shape index (κ1) is 24.7. The van der Waals surface area contributed by atoms with Gasteiger partial charge in [0, 0.05) is 44.7 Å². The Balaban J connectivity index is 1.22. The lowest BCUT2D eigenvalue weighted by molar-refractivity contribution is -0.125. The van der Waals surface area contributed by atoms with Crippen LogP contribution < -0.4 is 15.0 Å². The molecule has 1 aromatic heterocycles. The number of piperidine rings is 2. The Morgan fingerprint density at radius 1 is 1.24 bits per heavy atom. The molecule has 2 saturated heterocycles. The van der Waals surface area contributed by atoms with Gasteiger partial charge >= 0.3 is 0 Å². The molecule has 2 aliphatic rings. The first-order valence-electron chi connectivity index (χ1n) is 12.4. The van der Waals surface area contributed by atoms with Crippen molar-refractivity contribution >= 4 is 48.5 Å². The Morgan fingerprint density at radius 2 is 1.97 bits per heavy atom. The molecule has 6 nitrogen and oxygen atoms in total. The van der Waals surface area contributed by atoms with Gasteiger partial charge in [0.05, 0.1) is 21.3 Å². The highest BCUT2D eigenvalue weighted by molar-refractivity contribution is 9.10. The number of carbonyl (C=O) groups excluding carboxylic acids is 1. The SMILES string of the molecule is CCOc1cc2sc(N3CCC(C(=O)NCCCN4C[C@H](C)C[C@@H](C)C4)CC3)nc2cc1Br. The fourth-order valence-corrected chi connectivity index (χ4v) is 6.76. The lowest BCUT2D eigenvalue weighted by Crippen LogP contribution is -2.42. The molecule has 1 N–H and O–H groups in total. The third-order valence-corrected chi connectivity index (χ3v) is 8.46. The Morgan fingerprint density at radius 3 is 2.67 bits per heavy atom. The highest BCUT2D eigenvalue weighted by Crippen LogP contribution is 2.37. The summed E-state index contributed by atoms with van der Waals surface area (Å²) < 4.78 is 7.77. The van der Waals surface area contributed by atoms with E-state index in [2.05, 4.69) is 51.0 Å². The van der Waals surface area contributed by atoms with E-state index < -0.39 is 0 Å². The number of amides is 1. The lowest BCUT2D eigenvalue weighted by Gasteiger charge is -2.35. The normalized spacial score (nSPS) is 22.6. The number of nitrogens with one attached hydrogen (secondary N) is 1. The van der Waals surface area contributed by atoms with Crippen molar-refractivity contribution in [2.24, 2.45) is 17.8 Å². The second-order valence-corrected chi connectivity index (χ2v) is 11.7. The molecule has 0 radical (unpaired) electrons. The van der Waals surface area contributed by atoms with E-state index in [1.165, 1.54) is 19.5 Å². The summed E-state index contributed by atoms with van der Waals surface area (Å²) in [4.78, 5) is 22.4. The third-order valence-electron chi connectivity index (χ3n) is 6.76.